The number of hydrogen-bond donors (Lipinski definition) is 0. The molecule has 0 fully saturated rings. The number of benzene rings is 11. The fourth-order valence-electron chi connectivity index (χ4n) is 13.8. The minimum absolute atomic E-state index is 0. The van der Waals surface area contributed by atoms with Gasteiger partial charge in [-0.15, -0.1) is 29.7 Å². The number of imidazole rings is 1. The third-order valence-corrected chi connectivity index (χ3v) is 17.9. The molecule has 0 saturated carbocycles. The molecule has 6 heterocycles. The van der Waals surface area contributed by atoms with Gasteiger partial charge in [-0.1, -0.05) is 193 Å². The molecule has 0 aliphatic carbocycles. The molecule has 0 unspecified atom stereocenters. The Morgan fingerprint density at radius 3 is 1.48 bits per heavy atom. The van der Waals surface area contributed by atoms with Crippen molar-refractivity contribution in [3.63, 3.8) is 0 Å². The first-order valence-corrected chi connectivity index (χ1v) is 29.9. The second kappa shape index (κ2) is 20.0. The maximum absolute atomic E-state index is 6.98. The monoisotopic (exact) mass is 1310 g/mol. The van der Waals surface area contributed by atoms with Gasteiger partial charge in [-0.3, -0.25) is 4.57 Å². The van der Waals surface area contributed by atoms with Crippen molar-refractivity contribution < 1.29 is 30.4 Å². The predicted molar refractivity (Wildman–Crippen MR) is 356 cm³/mol. The van der Waals surface area contributed by atoms with E-state index in [4.69, 9.17) is 9.72 Å². The number of aromatic nitrogens is 6. The average Bonchev–Trinajstić information content (AvgIpc) is 1.61. The SMILES string of the molecule is CC(C)(C)c1ccnc(-n2c3[c-]c(Oc4[c-]c(-n5[c-][n+]6c7c(cc(-n8c9ccccc9c9ccccc98)cc75)-c5ccccc5-c5ccccc5-c5cc(C(C)(C)C)cc(-n7c8ccccc8c8ccccc87)c5-6)ccc4)ccc3c3ccccc32)c1.[Pt]. The summed E-state index contributed by atoms with van der Waals surface area (Å²) in [5, 5.41) is 6.98. The van der Waals surface area contributed by atoms with Gasteiger partial charge in [0.1, 0.15) is 5.82 Å². The molecule has 426 valence electrons. The van der Waals surface area contributed by atoms with Crippen molar-refractivity contribution in [2.24, 2.45) is 0 Å². The molecule has 0 N–H and O–H groups in total. The number of hydrogen-bond acceptors (Lipinski definition) is 2. The number of fused-ring (bicyclic) bond motifs is 16. The summed E-state index contributed by atoms with van der Waals surface area (Å²) >= 11 is 0. The normalized spacial score (nSPS) is 12.3. The van der Waals surface area contributed by atoms with E-state index in [1.165, 1.54) is 32.7 Å². The number of pyridine rings is 1. The molecular formula is C80H58N6OPt-2. The van der Waals surface area contributed by atoms with E-state index in [-0.39, 0.29) is 31.9 Å². The topological polar surface area (TPSA) is 45.7 Å². The molecule has 17 rings (SSSR count). The Hall–Kier alpha value is -10.1. The largest absolute Gasteiger partial charge is 0.510 e. The molecule has 5 aromatic heterocycles. The van der Waals surface area contributed by atoms with Crippen LogP contribution in [0.25, 0.3) is 138 Å². The second-order valence-corrected chi connectivity index (χ2v) is 25.2. The zero-order valence-corrected chi connectivity index (χ0v) is 51.8. The molecule has 88 heavy (non-hydrogen) atoms. The molecule has 7 nitrogen and oxygen atoms in total. The van der Waals surface area contributed by atoms with Crippen LogP contribution in [0.3, 0.4) is 0 Å². The Kier molecular flexibility index (Phi) is 12.1. The Bertz CT molecular complexity index is 5440. The number of ether oxygens (including phenoxy) is 1. The van der Waals surface area contributed by atoms with Crippen molar-refractivity contribution in [2.75, 3.05) is 0 Å². The van der Waals surface area contributed by atoms with Gasteiger partial charge >= 0.3 is 0 Å². The molecule has 0 spiro atoms. The third kappa shape index (κ3) is 8.21. The third-order valence-electron chi connectivity index (χ3n) is 17.9. The Balaban J connectivity index is 0.00000624. The van der Waals surface area contributed by atoms with Gasteiger partial charge in [-0.05, 0) is 127 Å². The minimum atomic E-state index is -0.222. The number of nitrogens with zero attached hydrogens (tertiary/aromatic N) is 6. The van der Waals surface area contributed by atoms with E-state index in [1.54, 1.807) is 0 Å². The molecular weight excluding hydrogens is 1260 g/mol. The van der Waals surface area contributed by atoms with Crippen molar-refractivity contribution in [2.45, 2.75) is 52.4 Å². The van der Waals surface area contributed by atoms with Gasteiger partial charge in [-0.2, -0.15) is 18.2 Å². The van der Waals surface area contributed by atoms with E-state index in [2.05, 4.69) is 307 Å². The fourth-order valence-corrected chi connectivity index (χ4v) is 13.8. The summed E-state index contributed by atoms with van der Waals surface area (Å²) in [4.78, 5) is 4.95. The molecule has 1 aliphatic heterocycles. The summed E-state index contributed by atoms with van der Waals surface area (Å²) in [6.07, 6.45) is 6.05. The molecule has 0 saturated heterocycles. The summed E-state index contributed by atoms with van der Waals surface area (Å²) in [5.74, 6) is 1.94. The van der Waals surface area contributed by atoms with Crippen LogP contribution in [-0.2, 0) is 31.9 Å². The maximum Gasteiger partial charge on any atom is 0.268 e. The molecule has 0 radical (unpaired) electrons. The van der Waals surface area contributed by atoms with E-state index in [0.29, 0.717) is 11.5 Å². The Labute approximate surface area is 524 Å². The van der Waals surface area contributed by atoms with Crippen LogP contribution in [0.2, 0.25) is 0 Å². The van der Waals surface area contributed by atoms with E-state index in [0.717, 1.165) is 117 Å². The molecule has 0 amide bonds. The van der Waals surface area contributed by atoms with Crippen molar-refractivity contribution in [1.82, 2.24) is 23.3 Å². The van der Waals surface area contributed by atoms with Crippen LogP contribution < -0.4 is 9.30 Å². The number of rotatable bonds is 6. The van der Waals surface area contributed by atoms with Gasteiger partial charge in [0.2, 0.25) is 0 Å². The standard InChI is InChI=1S/C80H58N6O.Pt/c1-79(2,3)50-40-41-81-76(44-50)86-72-37-20-15-32-64(72)65-39-38-55(48-73(65)86)87-54-23-21-22-52(45-54)82-49-83-77-67(46-53(47-74(77)82)84-68-33-16-11-28-60(68)61-29-12-17-34-69(61)84)59-27-10-8-25-57(59)56-24-7-9-26-58(56)66-42-51(80(4,5)6)43-75(78(66)83)85-70-35-18-13-30-62(70)63-31-14-19-36-71(63)85;/h7-44,46-47H,1-6H3;/q-2;. The summed E-state index contributed by atoms with van der Waals surface area (Å²) < 4.78 is 18.7. The summed E-state index contributed by atoms with van der Waals surface area (Å²) in [7, 11) is 0. The van der Waals surface area contributed by atoms with Crippen molar-refractivity contribution in [3.8, 4) is 73.4 Å². The molecule has 1 aliphatic rings. The first-order chi connectivity index (χ1) is 42.4. The van der Waals surface area contributed by atoms with Crippen LogP contribution in [0.5, 0.6) is 11.5 Å². The Morgan fingerprint density at radius 2 is 0.898 bits per heavy atom. The summed E-state index contributed by atoms with van der Waals surface area (Å²) in [5.41, 5.74) is 21.1. The van der Waals surface area contributed by atoms with Gasteiger partial charge in [-0.25, -0.2) is 4.98 Å². The molecule has 16 aromatic rings. The second-order valence-electron chi connectivity index (χ2n) is 25.2. The van der Waals surface area contributed by atoms with Gasteiger partial charge < -0.3 is 23.0 Å². The van der Waals surface area contributed by atoms with Gasteiger partial charge in [0.05, 0.1) is 44.5 Å². The van der Waals surface area contributed by atoms with Crippen molar-refractivity contribution in [3.05, 3.63) is 272 Å². The van der Waals surface area contributed by atoms with Crippen LogP contribution in [0.4, 0.5) is 0 Å². The van der Waals surface area contributed by atoms with Crippen LogP contribution in [-0.4, -0.2) is 23.3 Å². The fraction of sp³-hybridized carbons (Fsp3) is 0.100. The molecule has 0 atom stereocenters. The van der Waals surface area contributed by atoms with Gasteiger partial charge in [0, 0.05) is 71.5 Å². The summed E-state index contributed by atoms with van der Waals surface area (Å²) in [6.45, 7) is 13.7. The van der Waals surface area contributed by atoms with E-state index < -0.39 is 0 Å². The van der Waals surface area contributed by atoms with Gasteiger partial charge in [0.25, 0.3) is 6.33 Å². The van der Waals surface area contributed by atoms with Crippen LogP contribution >= 0.6 is 0 Å². The summed E-state index contributed by atoms with van der Waals surface area (Å²) in [6, 6.07) is 93.4. The zero-order valence-electron chi connectivity index (χ0n) is 49.5. The van der Waals surface area contributed by atoms with Crippen molar-refractivity contribution >= 4 is 76.5 Å². The van der Waals surface area contributed by atoms with Gasteiger partial charge in [0.15, 0.2) is 0 Å². The predicted octanol–water partition coefficient (Wildman–Crippen LogP) is 19.7. The quantitative estimate of drug-likeness (QED) is 0.123. The van der Waals surface area contributed by atoms with Crippen molar-refractivity contribution in [1.29, 1.82) is 0 Å². The van der Waals surface area contributed by atoms with E-state index in [1.807, 2.05) is 18.3 Å². The average molecular weight is 1310 g/mol. The maximum atomic E-state index is 6.98. The molecule has 11 aromatic carbocycles. The minimum Gasteiger partial charge on any atom is -0.510 e. The smallest absolute Gasteiger partial charge is 0.268 e. The molecule has 0 bridgehead atoms. The first kappa shape index (κ1) is 53.4. The van der Waals surface area contributed by atoms with Crippen LogP contribution in [0, 0.1) is 18.5 Å². The van der Waals surface area contributed by atoms with Crippen LogP contribution in [0.1, 0.15) is 52.7 Å². The zero-order chi connectivity index (χ0) is 58.4. The molecule has 8 heteroatoms. The van der Waals surface area contributed by atoms with E-state index in [9.17, 15) is 0 Å². The number of para-hydroxylation sites is 5. The Morgan fingerprint density at radius 1 is 0.398 bits per heavy atom. The van der Waals surface area contributed by atoms with Crippen LogP contribution in [0.15, 0.2) is 243 Å². The van der Waals surface area contributed by atoms with E-state index >= 15 is 0 Å². The first-order valence-electron chi connectivity index (χ1n) is 29.9.